The van der Waals surface area contributed by atoms with Gasteiger partial charge in [0.1, 0.15) is 5.60 Å². The van der Waals surface area contributed by atoms with E-state index in [1.54, 1.807) is 24.1 Å². The van der Waals surface area contributed by atoms with Crippen LogP contribution >= 0.6 is 22.9 Å². The van der Waals surface area contributed by atoms with Crippen LogP contribution in [0.2, 0.25) is 4.34 Å². The monoisotopic (exact) mass is 374 g/mol. The summed E-state index contributed by atoms with van der Waals surface area (Å²) in [6.45, 7) is 6.27. The average Bonchev–Trinajstić information content (AvgIpc) is 3.04. The molecule has 1 fully saturated rings. The number of rotatable bonds is 4. The van der Waals surface area contributed by atoms with Crippen molar-refractivity contribution >= 4 is 34.9 Å². The highest BCUT2D eigenvalue weighted by Crippen LogP contribution is 2.24. The molecule has 1 saturated heterocycles. The van der Waals surface area contributed by atoms with Gasteiger partial charge in [0.25, 0.3) is 5.91 Å². The summed E-state index contributed by atoms with van der Waals surface area (Å²) in [6, 6.07) is 3.11. The van der Waals surface area contributed by atoms with Crippen LogP contribution in [0.4, 0.5) is 4.79 Å². The van der Waals surface area contributed by atoms with E-state index in [0.717, 1.165) is 0 Å². The van der Waals surface area contributed by atoms with Crippen molar-refractivity contribution < 1.29 is 19.1 Å². The van der Waals surface area contributed by atoms with Crippen LogP contribution in [0.25, 0.3) is 0 Å². The summed E-state index contributed by atoms with van der Waals surface area (Å²) in [5, 5.41) is 2.95. The van der Waals surface area contributed by atoms with Crippen LogP contribution in [0, 0.1) is 0 Å². The molecule has 0 aliphatic carbocycles. The van der Waals surface area contributed by atoms with Gasteiger partial charge in [0, 0.05) is 19.7 Å². The second kappa shape index (κ2) is 7.72. The first kappa shape index (κ1) is 19.0. The zero-order valence-electron chi connectivity index (χ0n) is 14.3. The fourth-order valence-corrected chi connectivity index (χ4v) is 3.55. The Hall–Kier alpha value is -1.31. The van der Waals surface area contributed by atoms with Gasteiger partial charge >= 0.3 is 6.09 Å². The summed E-state index contributed by atoms with van der Waals surface area (Å²) in [6.07, 6.45) is 0.234. The van der Waals surface area contributed by atoms with Gasteiger partial charge in [0.2, 0.25) is 0 Å². The van der Waals surface area contributed by atoms with Crippen molar-refractivity contribution in [2.45, 2.75) is 44.9 Å². The lowest BCUT2D eigenvalue weighted by Gasteiger charge is -2.28. The van der Waals surface area contributed by atoms with Crippen molar-refractivity contribution in [3.63, 3.8) is 0 Å². The molecule has 8 heteroatoms. The lowest BCUT2D eigenvalue weighted by atomic mass is 10.2. The second-order valence-corrected chi connectivity index (χ2v) is 8.47. The summed E-state index contributed by atoms with van der Waals surface area (Å²) >= 11 is 7.09. The van der Waals surface area contributed by atoms with E-state index in [1.165, 1.54) is 11.3 Å². The highest BCUT2D eigenvalue weighted by molar-refractivity contribution is 7.17. The number of halogens is 1. The number of ether oxygens (including phenoxy) is 2. The van der Waals surface area contributed by atoms with Crippen molar-refractivity contribution in [1.29, 1.82) is 0 Å². The Kier molecular flexibility index (Phi) is 6.11. The number of methoxy groups -OCH3 is 1. The number of carbonyl (C=O) groups excluding carboxylic acids is 2. The number of carbonyl (C=O) groups is 2. The van der Waals surface area contributed by atoms with E-state index in [-0.39, 0.29) is 24.1 Å². The van der Waals surface area contributed by atoms with Gasteiger partial charge < -0.3 is 19.7 Å². The molecule has 2 atom stereocenters. The smallest absolute Gasteiger partial charge is 0.410 e. The van der Waals surface area contributed by atoms with Crippen molar-refractivity contribution in [3.8, 4) is 0 Å². The van der Waals surface area contributed by atoms with E-state index in [0.29, 0.717) is 28.8 Å². The van der Waals surface area contributed by atoms with Gasteiger partial charge in [-0.15, -0.1) is 11.3 Å². The summed E-state index contributed by atoms with van der Waals surface area (Å²) in [4.78, 5) is 26.8. The van der Waals surface area contributed by atoms with Crippen LogP contribution in [0.5, 0.6) is 0 Å². The van der Waals surface area contributed by atoms with Gasteiger partial charge in [-0.25, -0.2) is 4.79 Å². The molecule has 0 spiro atoms. The molecule has 1 aliphatic heterocycles. The maximum atomic E-state index is 12.4. The number of likely N-dealkylation sites (tertiary alicyclic amines) is 1. The fourth-order valence-electron chi connectivity index (χ4n) is 2.61. The van der Waals surface area contributed by atoms with Gasteiger partial charge in [-0.1, -0.05) is 11.6 Å². The molecule has 1 aromatic heterocycles. The summed E-state index contributed by atoms with van der Waals surface area (Å²) in [5.41, 5.74) is -0.566. The molecule has 134 valence electrons. The van der Waals surface area contributed by atoms with Gasteiger partial charge in [0.05, 0.1) is 21.9 Å². The van der Waals surface area contributed by atoms with Gasteiger partial charge in [-0.05, 0) is 39.3 Å². The third kappa shape index (κ3) is 5.09. The molecule has 2 rings (SSSR count). The minimum Gasteiger partial charge on any atom is -0.444 e. The van der Waals surface area contributed by atoms with Crippen molar-refractivity contribution in [2.75, 3.05) is 20.3 Å². The van der Waals surface area contributed by atoms with Gasteiger partial charge in [-0.2, -0.15) is 0 Å². The number of amides is 2. The van der Waals surface area contributed by atoms with Crippen molar-refractivity contribution in [3.05, 3.63) is 21.3 Å². The van der Waals surface area contributed by atoms with Crippen molar-refractivity contribution in [2.24, 2.45) is 0 Å². The second-order valence-electron chi connectivity index (χ2n) is 6.75. The van der Waals surface area contributed by atoms with E-state index >= 15 is 0 Å². The lowest BCUT2D eigenvalue weighted by molar-refractivity contribution is 0.0146. The Labute approximate surface area is 151 Å². The van der Waals surface area contributed by atoms with Crippen LogP contribution in [-0.2, 0) is 9.47 Å². The molecule has 2 amide bonds. The molecule has 1 aliphatic rings. The third-order valence-corrected chi connectivity index (χ3v) is 4.76. The van der Waals surface area contributed by atoms with Crippen LogP contribution in [0.1, 0.15) is 36.9 Å². The topological polar surface area (TPSA) is 67.9 Å². The zero-order valence-corrected chi connectivity index (χ0v) is 15.9. The summed E-state index contributed by atoms with van der Waals surface area (Å²) < 4.78 is 11.2. The molecular formula is C16H23ClN2O4S. The van der Waals surface area contributed by atoms with Crippen molar-refractivity contribution in [1.82, 2.24) is 10.2 Å². The number of thiophene rings is 1. The van der Waals surface area contributed by atoms with Crippen LogP contribution in [0.15, 0.2) is 12.1 Å². The molecule has 1 aromatic rings. The molecule has 0 radical (unpaired) electrons. The first-order valence-corrected chi connectivity index (χ1v) is 8.94. The highest BCUT2D eigenvalue weighted by atomic mass is 35.5. The molecule has 0 aromatic carbocycles. The third-order valence-electron chi connectivity index (χ3n) is 3.53. The maximum absolute atomic E-state index is 12.4. The molecular weight excluding hydrogens is 352 g/mol. The number of nitrogens with one attached hydrogen (secondary N) is 1. The Morgan fingerprint density at radius 1 is 1.42 bits per heavy atom. The molecule has 24 heavy (non-hydrogen) atoms. The van der Waals surface area contributed by atoms with E-state index in [4.69, 9.17) is 21.1 Å². The van der Waals surface area contributed by atoms with E-state index in [1.807, 2.05) is 20.8 Å². The number of nitrogens with zero attached hydrogens (tertiary/aromatic N) is 1. The van der Waals surface area contributed by atoms with Gasteiger partial charge in [-0.3, -0.25) is 4.79 Å². The van der Waals surface area contributed by atoms with Gasteiger partial charge in [0.15, 0.2) is 0 Å². The summed E-state index contributed by atoms with van der Waals surface area (Å²) in [5.74, 6) is -0.181. The molecule has 1 unspecified atom stereocenters. The van der Waals surface area contributed by atoms with Crippen LogP contribution in [-0.4, -0.2) is 54.8 Å². The predicted molar refractivity (Wildman–Crippen MR) is 93.8 cm³/mol. The largest absolute Gasteiger partial charge is 0.444 e. The zero-order chi connectivity index (χ0) is 17.9. The minimum absolute atomic E-state index is 0.123. The Morgan fingerprint density at radius 3 is 2.67 bits per heavy atom. The SMILES string of the molecule is COC[C@@H]1CC(NC(=O)c2ccc(Cl)s2)CN1C(=O)OC(C)(C)C. The normalized spacial score (nSPS) is 21.0. The first-order chi connectivity index (χ1) is 11.2. The Bertz CT molecular complexity index is 599. The standard InChI is InChI=1S/C16H23ClN2O4S/c1-16(2,3)23-15(21)19-8-10(7-11(19)9-22-4)18-14(20)12-5-6-13(17)24-12/h5-6,10-11H,7-9H2,1-4H3,(H,18,20)/t10?,11-/m0/s1. The minimum atomic E-state index is -0.566. The number of hydrogen-bond donors (Lipinski definition) is 1. The molecule has 0 saturated carbocycles. The highest BCUT2D eigenvalue weighted by Gasteiger charge is 2.38. The van der Waals surface area contributed by atoms with Crippen LogP contribution in [0.3, 0.4) is 0 Å². The Morgan fingerprint density at radius 2 is 2.12 bits per heavy atom. The summed E-state index contributed by atoms with van der Waals surface area (Å²) in [7, 11) is 1.59. The maximum Gasteiger partial charge on any atom is 0.410 e. The molecule has 1 N–H and O–H groups in total. The first-order valence-electron chi connectivity index (χ1n) is 7.74. The molecule has 2 heterocycles. The lowest BCUT2D eigenvalue weighted by Crippen LogP contribution is -2.43. The van der Waals surface area contributed by atoms with E-state index in [9.17, 15) is 9.59 Å². The van der Waals surface area contributed by atoms with Crippen LogP contribution < -0.4 is 5.32 Å². The fraction of sp³-hybridized carbons (Fsp3) is 0.625. The van der Waals surface area contributed by atoms with E-state index in [2.05, 4.69) is 5.32 Å². The average molecular weight is 375 g/mol. The quantitative estimate of drug-likeness (QED) is 0.879. The Balaban J connectivity index is 2.00. The van der Waals surface area contributed by atoms with E-state index < -0.39 is 5.60 Å². The molecule has 0 bridgehead atoms. The number of hydrogen-bond acceptors (Lipinski definition) is 5. The predicted octanol–water partition coefficient (Wildman–Crippen LogP) is 3.16. The molecule has 6 nitrogen and oxygen atoms in total.